The van der Waals surface area contributed by atoms with Crippen LogP contribution >= 0.6 is 15.9 Å². The molecule has 1 atom stereocenters. The molecule has 0 N–H and O–H groups in total. The van der Waals surface area contributed by atoms with Gasteiger partial charge in [0.2, 0.25) is 0 Å². The van der Waals surface area contributed by atoms with Crippen molar-refractivity contribution < 1.29 is 39.5 Å². The van der Waals surface area contributed by atoms with E-state index in [-0.39, 0.29) is 0 Å². The van der Waals surface area contributed by atoms with Crippen LogP contribution in [-0.2, 0) is 0 Å². The number of rotatable bonds is 1. The van der Waals surface area contributed by atoms with Gasteiger partial charge in [0, 0.05) is 0 Å². The van der Waals surface area contributed by atoms with Gasteiger partial charge in [-0.1, -0.05) is 0 Å². The smallest absolute Gasteiger partial charge is 0.214 e. The molecule has 10 heteroatoms. The monoisotopic (exact) mass is 298 g/mol. The van der Waals surface area contributed by atoms with Gasteiger partial charge in [0.1, 0.15) is 0 Å². The molecule has 0 aromatic rings. The number of halogens is 10. The van der Waals surface area contributed by atoms with Gasteiger partial charge in [-0.3, -0.25) is 0 Å². The SMILES string of the molecule is FC(F)(F)C(F)(F)C(F)(Br)C(F)(F)F. The molecule has 1 unspecified atom stereocenters. The number of hydrogen-bond donors (Lipinski definition) is 0. The van der Waals surface area contributed by atoms with Crippen molar-refractivity contribution in [3.8, 4) is 0 Å². The quantitative estimate of drug-likeness (QED) is 0.510. The third-order valence-electron chi connectivity index (χ3n) is 1.11. The van der Waals surface area contributed by atoms with Crippen molar-refractivity contribution in [3.05, 3.63) is 0 Å². The Hall–Kier alpha value is -0.150. The van der Waals surface area contributed by atoms with E-state index >= 15 is 0 Å². The molecule has 0 aromatic heterocycles. The lowest BCUT2D eigenvalue weighted by Gasteiger charge is -2.31. The fourth-order valence-electron chi connectivity index (χ4n) is 0.356. The zero-order chi connectivity index (χ0) is 12.0. The van der Waals surface area contributed by atoms with Gasteiger partial charge in [-0.15, -0.1) is 0 Å². The van der Waals surface area contributed by atoms with Gasteiger partial charge in [-0.05, 0) is 15.9 Å². The van der Waals surface area contributed by atoms with Crippen LogP contribution in [0.4, 0.5) is 39.5 Å². The molecule has 0 spiro atoms. The number of alkyl halides is 10. The molecule has 0 nitrogen and oxygen atoms in total. The second-order valence-electron chi connectivity index (χ2n) is 2.14. The van der Waals surface area contributed by atoms with Crippen LogP contribution in [-0.4, -0.2) is 22.9 Å². The standard InChI is InChI=1S/C4BrF9/c5-1(6,3(9,10)11)2(7,8)4(12,13)14. The molecular formula is C4BrF9. The maximum absolute atomic E-state index is 12.2. The highest BCUT2D eigenvalue weighted by molar-refractivity contribution is 9.10. The highest BCUT2D eigenvalue weighted by atomic mass is 79.9. The normalized spacial score (nSPS) is 19.3. The Balaban J connectivity index is 5.30. The first-order chi connectivity index (χ1) is 5.75. The minimum absolute atomic E-state index is 0.698. The second kappa shape index (κ2) is 3.17. The third kappa shape index (κ3) is 1.94. The maximum atomic E-state index is 12.2. The predicted octanol–water partition coefficient (Wildman–Crippen LogP) is 3.81. The van der Waals surface area contributed by atoms with E-state index in [9.17, 15) is 39.5 Å². The summed E-state index contributed by atoms with van der Waals surface area (Å²) in [6, 6.07) is 0. The largest absolute Gasteiger partial charge is 0.458 e. The van der Waals surface area contributed by atoms with Gasteiger partial charge < -0.3 is 0 Å². The lowest BCUT2D eigenvalue weighted by Crippen LogP contribution is -2.58. The average Bonchev–Trinajstić information content (AvgIpc) is 1.81. The molecule has 0 amide bonds. The van der Waals surface area contributed by atoms with Gasteiger partial charge in [0.05, 0.1) is 0 Å². The molecule has 14 heavy (non-hydrogen) atoms. The number of hydrogen-bond acceptors (Lipinski definition) is 0. The predicted molar refractivity (Wildman–Crippen MR) is 29.8 cm³/mol. The maximum Gasteiger partial charge on any atom is 0.458 e. The summed E-state index contributed by atoms with van der Waals surface area (Å²) in [7, 11) is 0. The van der Waals surface area contributed by atoms with Crippen molar-refractivity contribution >= 4 is 15.9 Å². The molecular weight excluding hydrogens is 299 g/mol. The molecule has 0 rings (SSSR count). The van der Waals surface area contributed by atoms with E-state index in [1.165, 1.54) is 0 Å². The Labute approximate surface area is 79.2 Å². The van der Waals surface area contributed by atoms with Crippen LogP contribution in [0.3, 0.4) is 0 Å². The average molecular weight is 299 g/mol. The van der Waals surface area contributed by atoms with Gasteiger partial charge >= 0.3 is 22.9 Å². The van der Waals surface area contributed by atoms with E-state index in [0.717, 1.165) is 0 Å². The van der Waals surface area contributed by atoms with Crippen LogP contribution in [0.15, 0.2) is 0 Å². The van der Waals surface area contributed by atoms with E-state index in [0.29, 0.717) is 15.9 Å². The summed E-state index contributed by atoms with van der Waals surface area (Å²) in [6.45, 7) is 0. The lowest BCUT2D eigenvalue weighted by molar-refractivity contribution is -0.354. The van der Waals surface area contributed by atoms with E-state index in [1.54, 1.807) is 0 Å². The Bertz CT molecular complexity index is 186. The van der Waals surface area contributed by atoms with Gasteiger partial charge in [-0.25, -0.2) is 4.39 Å². The van der Waals surface area contributed by atoms with Crippen molar-refractivity contribution in [1.82, 2.24) is 0 Å². The highest BCUT2D eigenvalue weighted by Crippen LogP contribution is 2.55. The summed E-state index contributed by atoms with van der Waals surface area (Å²) in [5.41, 5.74) is 0. The summed E-state index contributed by atoms with van der Waals surface area (Å²) in [6.07, 6.45) is -13.0. The fourth-order valence-corrected chi connectivity index (χ4v) is 0.581. The third-order valence-corrected chi connectivity index (χ3v) is 2.05. The van der Waals surface area contributed by atoms with E-state index in [4.69, 9.17) is 0 Å². The first-order valence-corrected chi connectivity index (χ1v) is 3.43. The zero-order valence-electron chi connectivity index (χ0n) is 5.78. The van der Waals surface area contributed by atoms with Crippen LogP contribution in [0.5, 0.6) is 0 Å². The van der Waals surface area contributed by atoms with Crippen molar-refractivity contribution in [2.45, 2.75) is 22.9 Å². The highest BCUT2D eigenvalue weighted by Gasteiger charge is 2.80. The lowest BCUT2D eigenvalue weighted by atomic mass is 10.2. The molecule has 86 valence electrons. The van der Waals surface area contributed by atoms with Crippen LogP contribution in [0.25, 0.3) is 0 Å². The molecule has 0 saturated heterocycles. The van der Waals surface area contributed by atoms with Crippen molar-refractivity contribution in [2.24, 2.45) is 0 Å². The van der Waals surface area contributed by atoms with Crippen molar-refractivity contribution in [1.29, 1.82) is 0 Å². The van der Waals surface area contributed by atoms with E-state index in [1.807, 2.05) is 0 Å². The molecule has 0 aromatic carbocycles. The summed E-state index contributed by atoms with van der Waals surface area (Å²) < 4.78 is 98.6. The van der Waals surface area contributed by atoms with Crippen molar-refractivity contribution in [3.63, 3.8) is 0 Å². The van der Waals surface area contributed by atoms with Crippen LogP contribution in [0.2, 0.25) is 0 Å². The van der Waals surface area contributed by atoms with Crippen molar-refractivity contribution in [2.75, 3.05) is 0 Å². The molecule has 0 saturated carbocycles. The summed E-state index contributed by atoms with van der Waals surface area (Å²) in [4.78, 5) is 0. The summed E-state index contributed by atoms with van der Waals surface area (Å²) in [5.74, 6) is -6.56. The topological polar surface area (TPSA) is 0 Å². The van der Waals surface area contributed by atoms with Crippen LogP contribution in [0.1, 0.15) is 0 Å². The Morgan fingerprint density at radius 1 is 0.571 bits per heavy atom. The Morgan fingerprint density at radius 3 is 0.929 bits per heavy atom. The Morgan fingerprint density at radius 2 is 0.857 bits per heavy atom. The first kappa shape index (κ1) is 13.8. The molecule has 0 aliphatic heterocycles. The van der Waals surface area contributed by atoms with E-state index in [2.05, 4.69) is 0 Å². The molecule has 0 heterocycles. The molecule has 0 aliphatic carbocycles. The van der Waals surface area contributed by atoms with E-state index < -0.39 is 22.9 Å². The van der Waals surface area contributed by atoms with Crippen LogP contribution < -0.4 is 0 Å². The second-order valence-corrected chi connectivity index (χ2v) is 3.24. The van der Waals surface area contributed by atoms with Gasteiger partial charge in [0.15, 0.2) is 0 Å². The molecule has 0 bridgehead atoms. The fraction of sp³-hybridized carbons (Fsp3) is 1.00. The molecule has 0 aliphatic rings. The minimum atomic E-state index is -6.64. The Kier molecular flexibility index (Phi) is 3.14. The summed E-state index contributed by atoms with van der Waals surface area (Å²) >= 11 is 0.698. The van der Waals surface area contributed by atoms with Crippen LogP contribution in [0, 0.1) is 0 Å². The first-order valence-electron chi connectivity index (χ1n) is 2.64. The minimum Gasteiger partial charge on any atom is -0.214 e. The van der Waals surface area contributed by atoms with Gasteiger partial charge in [0.25, 0.3) is 0 Å². The molecule has 0 radical (unpaired) electrons. The summed E-state index contributed by atoms with van der Waals surface area (Å²) in [5, 5.41) is 0. The van der Waals surface area contributed by atoms with Gasteiger partial charge in [-0.2, -0.15) is 35.1 Å². The molecule has 0 fully saturated rings. The zero-order valence-corrected chi connectivity index (χ0v) is 7.37.